The van der Waals surface area contributed by atoms with Crippen molar-refractivity contribution in [1.29, 1.82) is 0 Å². The van der Waals surface area contributed by atoms with E-state index in [0.29, 0.717) is 6.42 Å². The van der Waals surface area contributed by atoms with Crippen LogP contribution >= 0.6 is 11.6 Å². The van der Waals surface area contributed by atoms with Crippen LogP contribution in [0.1, 0.15) is 52.9 Å². The molecule has 5 heteroatoms. The molecule has 0 aromatic carbocycles. The van der Waals surface area contributed by atoms with E-state index in [1.807, 2.05) is 0 Å². The molecule has 1 aliphatic rings. The molecule has 4 nitrogen and oxygen atoms in total. The second kappa shape index (κ2) is 9.11. The largest absolute Gasteiger partial charge is 0.465 e. The fraction of sp³-hybridized carbons (Fsp3) is 0.667. The molecule has 0 aromatic heterocycles. The van der Waals surface area contributed by atoms with Gasteiger partial charge in [0.05, 0.1) is 13.2 Å². The van der Waals surface area contributed by atoms with Crippen molar-refractivity contribution in [2.75, 3.05) is 13.2 Å². The maximum Gasteiger partial charge on any atom is 0.323 e. The fourth-order valence-electron chi connectivity index (χ4n) is 2.98. The van der Waals surface area contributed by atoms with Gasteiger partial charge in [0.1, 0.15) is 0 Å². The average molecular weight is 343 g/mol. The van der Waals surface area contributed by atoms with Crippen molar-refractivity contribution in [3.8, 4) is 0 Å². The van der Waals surface area contributed by atoms with Gasteiger partial charge in [0.15, 0.2) is 5.41 Å². The van der Waals surface area contributed by atoms with Gasteiger partial charge in [-0.15, -0.1) is 6.58 Å². The Bertz CT molecular complexity index is 463. The number of carbonyl (C=O) groups is 2. The number of hydrogen-bond donors (Lipinski definition) is 0. The van der Waals surface area contributed by atoms with Crippen LogP contribution in [0, 0.1) is 11.3 Å². The second-order valence-corrected chi connectivity index (χ2v) is 6.24. The Hall–Kier alpha value is -1.29. The summed E-state index contributed by atoms with van der Waals surface area (Å²) in [4.78, 5) is 25.0. The normalized spacial score (nSPS) is 21.7. The zero-order valence-electron chi connectivity index (χ0n) is 14.3. The highest BCUT2D eigenvalue weighted by Gasteiger charge is 2.55. The molecule has 23 heavy (non-hydrogen) atoms. The van der Waals surface area contributed by atoms with Crippen LogP contribution in [0.2, 0.25) is 0 Å². The third-order valence-corrected chi connectivity index (χ3v) is 4.66. The van der Waals surface area contributed by atoms with Gasteiger partial charge in [-0.1, -0.05) is 31.0 Å². The molecule has 1 rings (SSSR count). The zero-order valence-corrected chi connectivity index (χ0v) is 15.1. The summed E-state index contributed by atoms with van der Waals surface area (Å²) < 4.78 is 10.3. The number of unbranched alkanes of at least 4 members (excludes halogenated alkanes) is 1. The number of allylic oxidation sites excluding steroid dienone is 3. The summed E-state index contributed by atoms with van der Waals surface area (Å²) in [6.07, 6.45) is 5.07. The summed E-state index contributed by atoms with van der Waals surface area (Å²) in [5, 5.41) is 0.729. The molecule has 0 amide bonds. The summed E-state index contributed by atoms with van der Waals surface area (Å²) in [7, 11) is 0. The maximum absolute atomic E-state index is 12.5. The molecule has 1 atom stereocenters. The predicted octanol–water partition coefficient (Wildman–Crippen LogP) is 4.38. The minimum absolute atomic E-state index is 0.104. The number of esters is 2. The lowest BCUT2D eigenvalue weighted by atomic mass is 9.85. The molecule has 1 aliphatic carbocycles. The summed E-state index contributed by atoms with van der Waals surface area (Å²) >= 11 is 6.46. The van der Waals surface area contributed by atoms with Crippen LogP contribution in [0.25, 0.3) is 0 Å². The Morgan fingerprint density at radius 3 is 2.26 bits per heavy atom. The van der Waals surface area contributed by atoms with E-state index in [2.05, 4.69) is 13.5 Å². The van der Waals surface area contributed by atoms with Gasteiger partial charge in [-0.05, 0) is 45.1 Å². The minimum Gasteiger partial charge on any atom is -0.465 e. The smallest absolute Gasteiger partial charge is 0.323 e. The van der Waals surface area contributed by atoms with Crippen molar-refractivity contribution >= 4 is 23.5 Å². The number of hydrogen-bond acceptors (Lipinski definition) is 4. The standard InChI is InChI=1S/C18H27ClO4/c1-5-9-10-15(19)14-12-18(11-13(14)6-2,16(20)22-7-3)17(21)23-8-4/h6,13H,2,5,7-12H2,1,3-4H3/b15-14-. The molecule has 1 unspecified atom stereocenters. The molecule has 130 valence electrons. The SMILES string of the molecule is C=CC1CC(C(=O)OCC)(C(=O)OCC)C/C1=C(/Cl)CCCC. The molecule has 0 bridgehead atoms. The van der Waals surface area contributed by atoms with Crippen LogP contribution in [0.3, 0.4) is 0 Å². The monoisotopic (exact) mass is 342 g/mol. The lowest BCUT2D eigenvalue weighted by Gasteiger charge is -2.24. The summed E-state index contributed by atoms with van der Waals surface area (Å²) in [5.41, 5.74) is -0.386. The quantitative estimate of drug-likeness (QED) is 0.373. The summed E-state index contributed by atoms with van der Waals surface area (Å²) in [6, 6.07) is 0. The Balaban J connectivity index is 3.20. The first-order chi connectivity index (χ1) is 11.0. The molecule has 0 radical (unpaired) electrons. The average Bonchev–Trinajstić information content (AvgIpc) is 2.94. The van der Waals surface area contributed by atoms with Crippen LogP contribution in [0.4, 0.5) is 0 Å². The van der Waals surface area contributed by atoms with Crippen LogP contribution in [-0.2, 0) is 19.1 Å². The van der Waals surface area contributed by atoms with Crippen LogP contribution in [0.15, 0.2) is 23.3 Å². The molecule has 0 aromatic rings. The molecule has 1 fully saturated rings. The van der Waals surface area contributed by atoms with Crippen molar-refractivity contribution in [3.63, 3.8) is 0 Å². The van der Waals surface area contributed by atoms with E-state index < -0.39 is 17.4 Å². The summed E-state index contributed by atoms with van der Waals surface area (Å²) in [6.45, 7) is 9.82. The van der Waals surface area contributed by atoms with Crippen LogP contribution < -0.4 is 0 Å². The Kier molecular flexibility index (Phi) is 7.83. The van der Waals surface area contributed by atoms with Crippen molar-refractivity contribution in [2.24, 2.45) is 11.3 Å². The molecule has 0 spiro atoms. The van der Waals surface area contributed by atoms with E-state index in [-0.39, 0.29) is 25.6 Å². The van der Waals surface area contributed by atoms with Gasteiger partial charge >= 0.3 is 11.9 Å². The Morgan fingerprint density at radius 2 is 1.83 bits per heavy atom. The minimum atomic E-state index is -1.30. The van der Waals surface area contributed by atoms with Gasteiger partial charge < -0.3 is 9.47 Å². The van der Waals surface area contributed by atoms with E-state index in [9.17, 15) is 9.59 Å². The summed E-state index contributed by atoms with van der Waals surface area (Å²) in [5.74, 6) is -1.16. The Morgan fingerprint density at radius 1 is 1.26 bits per heavy atom. The highest BCUT2D eigenvalue weighted by Crippen LogP contribution is 2.50. The topological polar surface area (TPSA) is 52.6 Å². The molecule has 0 N–H and O–H groups in total. The predicted molar refractivity (Wildman–Crippen MR) is 91.0 cm³/mol. The van der Waals surface area contributed by atoms with E-state index in [1.54, 1.807) is 19.9 Å². The van der Waals surface area contributed by atoms with E-state index in [4.69, 9.17) is 21.1 Å². The van der Waals surface area contributed by atoms with Gasteiger partial charge in [-0.25, -0.2) is 0 Å². The lowest BCUT2D eigenvalue weighted by molar-refractivity contribution is -0.171. The van der Waals surface area contributed by atoms with Gasteiger partial charge in [0.2, 0.25) is 0 Å². The van der Waals surface area contributed by atoms with Crippen molar-refractivity contribution in [3.05, 3.63) is 23.3 Å². The highest BCUT2D eigenvalue weighted by atomic mass is 35.5. The highest BCUT2D eigenvalue weighted by molar-refractivity contribution is 6.30. The number of ether oxygens (including phenoxy) is 2. The van der Waals surface area contributed by atoms with Gasteiger partial charge in [-0.3, -0.25) is 9.59 Å². The second-order valence-electron chi connectivity index (χ2n) is 5.78. The van der Waals surface area contributed by atoms with Crippen LogP contribution in [-0.4, -0.2) is 25.2 Å². The first-order valence-corrected chi connectivity index (χ1v) is 8.68. The molecule has 0 aliphatic heterocycles. The van der Waals surface area contributed by atoms with E-state index in [0.717, 1.165) is 29.9 Å². The fourth-order valence-corrected chi connectivity index (χ4v) is 3.32. The third kappa shape index (κ3) is 4.37. The first-order valence-electron chi connectivity index (χ1n) is 8.31. The van der Waals surface area contributed by atoms with E-state index in [1.165, 1.54) is 0 Å². The molecule has 1 saturated carbocycles. The number of carbonyl (C=O) groups excluding carboxylic acids is 2. The maximum atomic E-state index is 12.5. The van der Waals surface area contributed by atoms with E-state index >= 15 is 0 Å². The Labute approximate surface area is 143 Å². The van der Waals surface area contributed by atoms with Crippen molar-refractivity contribution in [2.45, 2.75) is 52.9 Å². The number of rotatable bonds is 8. The lowest BCUT2D eigenvalue weighted by Crippen LogP contribution is -2.40. The van der Waals surface area contributed by atoms with Gasteiger partial charge in [-0.2, -0.15) is 0 Å². The van der Waals surface area contributed by atoms with Crippen molar-refractivity contribution < 1.29 is 19.1 Å². The first kappa shape index (κ1) is 19.8. The van der Waals surface area contributed by atoms with Gasteiger partial charge in [0.25, 0.3) is 0 Å². The van der Waals surface area contributed by atoms with Crippen LogP contribution in [0.5, 0.6) is 0 Å². The third-order valence-electron chi connectivity index (χ3n) is 4.22. The molecular formula is C18H27ClO4. The molecule has 0 heterocycles. The zero-order chi connectivity index (χ0) is 17.5. The molecule has 0 saturated heterocycles. The number of halogens is 1. The van der Waals surface area contributed by atoms with Gasteiger partial charge in [0, 0.05) is 11.0 Å². The van der Waals surface area contributed by atoms with Crippen molar-refractivity contribution in [1.82, 2.24) is 0 Å². The molecular weight excluding hydrogens is 316 g/mol.